The van der Waals surface area contributed by atoms with Crippen molar-refractivity contribution in [2.45, 2.75) is 31.0 Å². The fraction of sp³-hybridized carbons (Fsp3) is 0.216. The summed E-state index contributed by atoms with van der Waals surface area (Å²) in [6, 6.07) is 25.2. The zero-order valence-electron chi connectivity index (χ0n) is 24.5. The van der Waals surface area contributed by atoms with Gasteiger partial charge < -0.3 is 9.84 Å². The van der Waals surface area contributed by atoms with Gasteiger partial charge in [0.1, 0.15) is 24.3 Å². The molecule has 2 aromatic heterocycles. The molecule has 0 spiro atoms. The highest BCUT2D eigenvalue weighted by Crippen LogP contribution is 2.41. The maximum atomic E-state index is 14.9. The molecule has 3 aromatic carbocycles. The molecule has 0 bridgehead atoms. The van der Waals surface area contributed by atoms with Gasteiger partial charge in [0, 0.05) is 41.1 Å². The molecule has 45 heavy (non-hydrogen) atoms. The summed E-state index contributed by atoms with van der Waals surface area (Å²) in [5.74, 6) is 1.93. The fourth-order valence-corrected chi connectivity index (χ4v) is 6.71. The summed E-state index contributed by atoms with van der Waals surface area (Å²) < 4.78 is 35.5. The Labute approximate surface area is 259 Å². The molecule has 1 N–H and O–H groups in total. The van der Waals surface area contributed by atoms with E-state index >= 15 is 0 Å². The van der Waals surface area contributed by atoms with Gasteiger partial charge in [0.25, 0.3) is 0 Å². The average Bonchev–Trinajstić information content (AvgIpc) is 3.57. The van der Waals surface area contributed by atoms with Crippen LogP contribution in [-0.2, 0) is 0 Å². The Balaban J connectivity index is 1.42. The van der Waals surface area contributed by atoms with Crippen LogP contribution in [-0.4, -0.2) is 56.4 Å². The first kappa shape index (κ1) is 28.6. The highest BCUT2D eigenvalue weighted by molar-refractivity contribution is 6.03. The third-order valence-electron chi connectivity index (χ3n) is 8.75. The summed E-state index contributed by atoms with van der Waals surface area (Å²) in [5.41, 5.74) is 2.54. The number of terminal acetylenes is 1. The topological polar surface area (TPSA) is 71.4 Å². The SMILES string of the molecule is C#Cc1c(F)ccc2cc(O)cc(-c3cc4nc(OCC56CCCN5C[C@H](F)C6)ncc4c(-c4ccccccccc4)n3)c12. The molecule has 0 radical (unpaired) electrons. The lowest BCUT2D eigenvalue weighted by Crippen LogP contribution is -2.43. The molecule has 4 heterocycles. The molecule has 2 atom stereocenters. The molecule has 0 aliphatic carbocycles. The third-order valence-corrected chi connectivity index (χ3v) is 8.75. The Hall–Kier alpha value is -5.13. The van der Waals surface area contributed by atoms with Crippen LogP contribution in [0.3, 0.4) is 0 Å². The van der Waals surface area contributed by atoms with Crippen molar-refractivity contribution < 1.29 is 18.6 Å². The Morgan fingerprint density at radius 2 is 1.80 bits per heavy atom. The molecule has 2 aliphatic rings. The smallest absolute Gasteiger partial charge is 0.316 e. The monoisotopic (exact) mass is 600 g/mol. The van der Waals surface area contributed by atoms with Crippen LogP contribution >= 0.6 is 0 Å². The molecular weight excluding hydrogens is 570 g/mol. The first-order valence-electron chi connectivity index (χ1n) is 14.9. The number of phenols is 1. The lowest BCUT2D eigenvalue weighted by atomic mass is 9.95. The van der Waals surface area contributed by atoms with E-state index in [-0.39, 0.29) is 22.9 Å². The lowest BCUT2D eigenvalue weighted by molar-refractivity contribution is 0.107. The van der Waals surface area contributed by atoms with E-state index in [2.05, 4.69) is 15.8 Å². The number of rotatable bonds is 5. The maximum absolute atomic E-state index is 14.9. The molecule has 8 heteroatoms. The second-order valence-electron chi connectivity index (χ2n) is 11.6. The minimum Gasteiger partial charge on any atom is -0.508 e. The quantitative estimate of drug-likeness (QED) is 0.212. The average molecular weight is 601 g/mol. The van der Waals surface area contributed by atoms with Gasteiger partial charge in [0.15, 0.2) is 0 Å². The van der Waals surface area contributed by atoms with Crippen molar-refractivity contribution in [3.63, 3.8) is 0 Å². The number of phenolic OH excluding ortho intramolecular Hbond substituents is 1. The zero-order valence-corrected chi connectivity index (χ0v) is 24.5. The van der Waals surface area contributed by atoms with Gasteiger partial charge in [-0.15, -0.1) is 6.42 Å². The highest BCUT2D eigenvalue weighted by atomic mass is 19.1. The van der Waals surface area contributed by atoms with E-state index in [0.717, 1.165) is 24.9 Å². The van der Waals surface area contributed by atoms with E-state index in [4.69, 9.17) is 21.1 Å². The van der Waals surface area contributed by atoms with Crippen LogP contribution in [0.4, 0.5) is 8.78 Å². The van der Waals surface area contributed by atoms with Crippen molar-refractivity contribution >= 4 is 21.7 Å². The molecule has 7 rings (SSSR count). The molecular formula is C37H30F2N4O2. The van der Waals surface area contributed by atoms with Crippen LogP contribution in [0.2, 0.25) is 0 Å². The van der Waals surface area contributed by atoms with Crippen LogP contribution in [0.25, 0.3) is 44.2 Å². The molecule has 2 saturated heterocycles. The number of benzene rings is 2. The molecule has 2 aliphatic heterocycles. The van der Waals surface area contributed by atoms with E-state index in [0.29, 0.717) is 58.2 Å². The van der Waals surface area contributed by atoms with E-state index in [1.165, 1.54) is 12.1 Å². The summed E-state index contributed by atoms with van der Waals surface area (Å²) in [5, 5.41) is 12.4. The second kappa shape index (κ2) is 11.8. The molecule has 224 valence electrons. The Bertz CT molecular complexity index is 2020. The number of fused-ring (bicyclic) bond motifs is 3. The number of hydrogen-bond donors (Lipinski definition) is 1. The van der Waals surface area contributed by atoms with E-state index < -0.39 is 12.0 Å². The van der Waals surface area contributed by atoms with Crippen LogP contribution < -0.4 is 4.74 Å². The molecule has 0 amide bonds. The standard InChI is InChI=1S/C37H30F2N4O2/c1-2-28-31(39)14-13-25-17-27(44)18-29(34(25)28)32-19-33-30(35(41-32)24-11-8-6-4-3-5-7-9-12-24)21-40-36(42-33)45-23-37-15-10-16-43(37)22-26(38)20-37/h1,3-9,11-14,17-19,21,26,44H,10,15-16,20,22-23H2/t26-,37?/m1/s1. The normalized spacial score (nSPS) is 19.3. The fourth-order valence-electron chi connectivity index (χ4n) is 6.71. The van der Waals surface area contributed by atoms with Gasteiger partial charge in [0.2, 0.25) is 0 Å². The Morgan fingerprint density at radius 3 is 2.58 bits per heavy atom. The summed E-state index contributed by atoms with van der Waals surface area (Å²) in [6.45, 7) is 1.59. The third kappa shape index (κ3) is 5.41. The summed E-state index contributed by atoms with van der Waals surface area (Å²) >= 11 is 0. The molecule has 0 saturated carbocycles. The van der Waals surface area contributed by atoms with Crippen molar-refractivity contribution in [3.8, 4) is 46.6 Å². The van der Waals surface area contributed by atoms with Crippen LogP contribution in [0.15, 0.2) is 91.1 Å². The number of alkyl halides is 1. The van der Waals surface area contributed by atoms with Crippen LogP contribution in [0.5, 0.6) is 11.8 Å². The van der Waals surface area contributed by atoms with Crippen molar-refractivity contribution in [3.05, 3.63) is 103 Å². The number of hydrogen-bond acceptors (Lipinski definition) is 6. The van der Waals surface area contributed by atoms with E-state index in [1.807, 2.05) is 54.6 Å². The largest absolute Gasteiger partial charge is 0.508 e. The minimum absolute atomic E-state index is 0.0111. The Kier molecular flexibility index (Phi) is 7.48. The summed E-state index contributed by atoms with van der Waals surface area (Å²) in [4.78, 5) is 16.6. The second-order valence-corrected chi connectivity index (χ2v) is 11.6. The van der Waals surface area contributed by atoms with Crippen LogP contribution in [0, 0.1) is 18.2 Å². The van der Waals surface area contributed by atoms with Gasteiger partial charge in [-0.25, -0.2) is 18.7 Å². The van der Waals surface area contributed by atoms with Gasteiger partial charge in [0.05, 0.1) is 28.0 Å². The molecule has 5 aromatic rings. The number of ether oxygens (including phenoxy) is 1. The maximum Gasteiger partial charge on any atom is 0.316 e. The van der Waals surface area contributed by atoms with Gasteiger partial charge in [-0.1, -0.05) is 66.6 Å². The van der Waals surface area contributed by atoms with Gasteiger partial charge in [-0.05, 0) is 49.0 Å². The van der Waals surface area contributed by atoms with Crippen LogP contribution in [0.1, 0.15) is 24.8 Å². The van der Waals surface area contributed by atoms with E-state index in [1.54, 1.807) is 24.4 Å². The Morgan fingerprint density at radius 1 is 1.02 bits per heavy atom. The molecule has 6 nitrogen and oxygen atoms in total. The summed E-state index contributed by atoms with van der Waals surface area (Å²) in [7, 11) is 0. The predicted molar refractivity (Wildman–Crippen MR) is 171 cm³/mol. The number of aromatic nitrogens is 3. The molecule has 1 unspecified atom stereocenters. The minimum atomic E-state index is -0.865. The molecule has 2 fully saturated rings. The lowest BCUT2D eigenvalue weighted by Gasteiger charge is -2.30. The van der Waals surface area contributed by atoms with E-state index in [9.17, 15) is 13.9 Å². The number of pyridine rings is 1. The number of aromatic hydroxyl groups is 1. The van der Waals surface area contributed by atoms with Crippen molar-refractivity contribution in [1.82, 2.24) is 19.9 Å². The van der Waals surface area contributed by atoms with Crippen molar-refractivity contribution in [2.75, 3.05) is 19.7 Å². The van der Waals surface area contributed by atoms with Crippen molar-refractivity contribution in [2.24, 2.45) is 0 Å². The predicted octanol–water partition coefficient (Wildman–Crippen LogP) is 7.42. The van der Waals surface area contributed by atoms with Crippen molar-refractivity contribution in [1.29, 1.82) is 0 Å². The highest BCUT2D eigenvalue weighted by Gasteiger charge is 2.49. The van der Waals surface area contributed by atoms with Gasteiger partial charge >= 0.3 is 6.01 Å². The first-order valence-corrected chi connectivity index (χ1v) is 14.9. The summed E-state index contributed by atoms with van der Waals surface area (Å²) in [6.07, 6.45) is 8.91. The first-order chi connectivity index (χ1) is 21.9. The number of halogens is 2. The number of nitrogens with zero attached hydrogens (tertiary/aromatic N) is 4. The zero-order chi connectivity index (χ0) is 31.0. The van der Waals surface area contributed by atoms with Gasteiger partial charge in [-0.2, -0.15) is 4.98 Å². The van der Waals surface area contributed by atoms with Gasteiger partial charge in [-0.3, -0.25) is 4.90 Å².